The van der Waals surface area contributed by atoms with Crippen LogP contribution in [-0.4, -0.2) is 14.2 Å². The van der Waals surface area contributed by atoms with Crippen molar-refractivity contribution in [3.63, 3.8) is 0 Å². The summed E-state index contributed by atoms with van der Waals surface area (Å²) in [5.41, 5.74) is 0. The van der Waals surface area contributed by atoms with Gasteiger partial charge in [0.2, 0.25) is 10.0 Å². The lowest BCUT2D eigenvalue weighted by atomic mass is 10.4. The summed E-state index contributed by atoms with van der Waals surface area (Å²) >= 11 is 0. The molecule has 0 aromatic heterocycles. The lowest BCUT2D eigenvalue weighted by Gasteiger charge is -2.00. The molecular weight excluding hydrogens is 150 g/mol. The minimum atomic E-state index is -3.00. The second-order valence-corrected chi connectivity index (χ2v) is 3.95. The molecule has 0 spiro atoms. The second-order valence-electron chi connectivity index (χ2n) is 2.08. The Morgan fingerprint density at radius 3 is 2.50 bits per heavy atom. The SMILES string of the molecule is C[CH]NS(=O)(=O)CCCC. The highest BCUT2D eigenvalue weighted by Gasteiger charge is 2.05. The van der Waals surface area contributed by atoms with Crippen molar-refractivity contribution < 1.29 is 8.42 Å². The molecular formula is C6H14NO2S. The highest BCUT2D eigenvalue weighted by atomic mass is 32.2. The number of sulfonamides is 1. The molecule has 0 aliphatic heterocycles. The van der Waals surface area contributed by atoms with Crippen molar-refractivity contribution >= 4 is 10.0 Å². The fourth-order valence-electron chi connectivity index (χ4n) is 0.573. The van der Waals surface area contributed by atoms with Gasteiger partial charge in [0.25, 0.3) is 0 Å². The van der Waals surface area contributed by atoms with Crippen molar-refractivity contribution in [2.75, 3.05) is 5.75 Å². The number of hydrogen-bond donors (Lipinski definition) is 1. The molecule has 0 atom stereocenters. The molecule has 10 heavy (non-hydrogen) atoms. The van der Waals surface area contributed by atoms with Crippen LogP contribution in [0.3, 0.4) is 0 Å². The Morgan fingerprint density at radius 2 is 2.10 bits per heavy atom. The zero-order valence-corrected chi connectivity index (χ0v) is 7.24. The molecule has 0 bridgehead atoms. The van der Waals surface area contributed by atoms with E-state index in [4.69, 9.17) is 0 Å². The van der Waals surface area contributed by atoms with E-state index in [1.54, 1.807) is 6.92 Å². The maximum absolute atomic E-state index is 10.8. The Morgan fingerprint density at radius 1 is 1.50 bits per heavy atom. The van der Waals surface area contributed by atoms with Gasteiger partial charge in [-0.25, -0.2) is 13.1 Å². The summed E-state index contributed by atoms with van der Waals surface area (Å²) in [6.07, 6.45) is 1.63. The van der Waals surface area contributed by atoms with Gasteiger partial charge in [-0.2, -0.15) is 0 Å². The van der Waals surface area contributed by atoms with Crippen LogP contribution >= 0.6 is 0 Å². The maximum Gasteiger partial charge on any atom is 0.211 e. The van der Waals surface area contributed by atoms with E-state index in [1.807, 2.05) is 6.92 Å². The third-order valence-electron chi connectivity index (χ3n) is 1.06. The first kappa shape index (κ1) is 9.91. The van der Waals surface area contributed by atoms with E-state index in [0.29, 0.717) is 0 Å². The van der Waals surface area contributed by atoms with Gasteiger partial charge >= 0.3 is 0 Å². The summed E-state index contributed by atoms with van der Waals surface area (Å²) in [6.45, 7) is 5.06. The zero-order chi connectivity index (χ0) is 8.04. The average Bonchev–Trinajstić information content (AvgIpc) is 1.84. The Bertz CT molecular complexity index is 163. The van der Waals surface area contributed by atoms with Crippen LogP contribution in [0.1, 0.15) is 26.7 Å². The minimum absolute atomic E-state index is 0.230. The Labute approximate surface area is 62.9 Å². The molecule has 0 aromatic carbocycles. The monoisotopic (exact) mass is 164 g/mol. The smallest absolute Gasteiger partial charge is 0.211 e. The van der Waals surface area contributed by atoms with Crippen LogP contribution in [0.5, 0.6) is 0 Å². The summed E-state index contributed by atoms with van der Waals surface area (Å²) in [4.78, 5) is 0. The first-order valence-corrected chi connectivity index (χ1v) is 5.05. The number of hydrogen-bond acceptors (Lipinski definition) is 2. The first-order valence-electron chi connectivity index (χ1n) is 3.40. The van der Waals surface area contributed by atoms with Crippen molar-refractivity contribution in [2.24, 2.45) is 0 Å². The highest BCUT2D eigenvalue weighted by Crippen LogP contribution is 1.92. The van der Waals surface area contributed by atoms with E-state index in [9.17, 15) is 8.42 Å². The summed E-state index contributed by atoms with van der Waals surface area (Å²) in [5.74, 6) is 0.230. The minimum Gasteiger partial charge on any atom is -0.212 e. The van der Waals surface area contributed by atoms with Gasteiger partial charge in [0, 0.05) is 6.54 Å². The van der Waals surface area contributed by atoms with Crippen molar-refractivity contribution in [2.45, 2.75) is 26.7 Å². The number of nitrogens with one attached hydrogen (secondary N) is 1. The van der Waals surface area contributed by atoms with Crippen molar-refractivity contribution in [3.05, 3.63) is 6.54 Å². The van der Waals surface area contributed by atoms with Gasteiger partial charge in [0.05, 0.1) is 5.75 Å². The first-order chi connectivity index (χ1) is 4.62. The summed E-state index contributed by atoms with van der Waals surface area (Å²) in [5, 5.41) is 0. The predicted molar refractivity (Wildman–Crippen MR) is 41.8 cm³/mol. The molecule has 0 unspecified atom stereocenters. The van der Waals surface area contributed by atoms with Crippen LogP contribution < -0.4 is 4.72 Å². The van der Waals surface area contributed by atoms with Crippen LogP contribution in [0, 0.1) is 6.54 Å². The van der Waals surface area contributed by atoms with Crippen molar-refractivity contribution in [1.82, 2.24) is 4.72 Å². The van der Waals surface area contributed by atoms with Gasteiger partial charge in [-0.15, -0.1) is 0 Å². The molecule has 0 rings (SSSR count). The molecule has 4 heteroatoms. The second kappa shape index (κ2) is 4.68. The molecule has 0 aliphatic rings. The maximum atomic E-state index is 10.8. The van der Waals surface area contributed by atoms with Gasteiger partial charge in [-0.3, -0.25) is 0 Å². The lowest BCUT2D eigenvalue weighted by molar-refractivity contribution is 0.585. The Kier molecular flexibility index (Phi) is 4.64. The topological polar surface area (TPSA) is 46.2 Å². The summed E-state index contributed by atoms with van der Waals surface area (Å²) in [7, 11) is -3.00. The summed E-state index contributed by atoms with van der Waals surface area (Å²) < 4.78 is 24.0. The number of rotatable bonds is 5. The molecule has 0 heterocycles. The van der Waals surface area contributed by atoms with Crippen LogP contribution in [0.25, 0.3) is 0 Å². The quantitative estimate of drug-likeness (QED) is 0.656. The van der Waals surface area contributed by atoms with Crippen LogP contribution in [0.2, 0.25) is 0 Å². The average molecular weight is 164 g/mol. The van der Waals surface area contributed by atoms with E-state index in [1.165, 1.54) is 6.54 Å². The van der Waals surface area contributed by atoms with Gasteiger partial charge in [-0.05, 0) is 13.3 Å². The molecule has 0 aromatic rings. The molecule has 0 saturated carbocycles. The molecule has 61 valence electrons. The molecule has 0 fully saturated rings. The molecule has 0 saturated heterocycles. The van der Waals surface area contributed by atoms with Gasteiger partial charge in [0.15, 0.2) is 0 Å². The Hall–Kier alpha value is -0.0900. The van der Waals surface area contributed by atoms with E-state index in [0.717, 1.165) is 12.8 Å². The van der Waals surface area contributed by atoms with Crippen LogP contribution in [0.15, 0.2) is 0 Å². The third kappa shape index (κ3) is 4.76. The molecule has 3 nitrogen and oxygen atoms in total. The van der Waals surface area contributed by atoms with E-state index < -0.39 is 10.0 Å². The fourth-order valence-corrected chi connectivity index (χ4v) is 1.72. The zero-order valence-electron chi connectivity index (χ0n) is 6.42. The Balaban J connectivity index is 3.65. The highest BCUT2D eigenvalue weighted by molar-refractivity contribution is 7.89. The molecule has 0 amide bonds. The molecule has 0 aliphatic carbocycles. The van der Waals surface area contributed by atoms with Gasteiger partial charge in [-0.1, -0.05) is 13.3 Å². The largest absolute Gasteiger partial charge is 0.212 e. The van der Waals surface area contributed by atoms with Crippen LogP contribution in [0.4, 0.5) is 0 Å². The van der Waals surface area contributed by atoms with Crippen LogP contribution in [-0.2, 0) is 10.0 Å². The normalized spacial score (nSPS) is 11.8. The third-order valence-corrected chi connectivity index (χ3v) is 2.48. The molecule has 1 N–H and O–H groups in total. The predicted octanol–water partition coefficient (Wildman–Crippen LogP) is 0.888. The summed E-state index contributed by atoms with van der Waals surface area (Å²) in [6, 6.07) is 0. The molecule has 1 radical (unpaired) electrons. The standard InChI is InChI=1S/C6H14NO2S/c1-3-5-6-10(8,9)7-4-2/h4,7H,3,5-6H2,1-2H3. The van der Waals surface area contributed by atoms with E-state index in [2.05, 4.69) is 4.72 Å². The van der Waals surface area contributed by atoms with E-state index >= 15 is 0 Å². The van der Waals surface area contributed by atoms with Crippen molar-refractivity contribution in [3.8, 4) is 0 Å². The lowest BCUT2D eigenvalue weighted by Crippen LogP contribution is -2.22. The van der Waals surface area contributed by atoms with Gasteiger partial charge < -0.3 is 0 Å². The van der Waals surface area contributed by atoms with Gasteiger partial charge in [0.1, 0.15) is 0 Å². The van der Waals surface area contributed by atoms with Crippen molar-refractivity contribution in [1.29, 1.82) is 0 Å². The number of unbranched alkanes of at least 4 members (excludes halogenated alkanes) is 1. The fraction of sp³-hybridized carbons (Fsp3) is 0.833. The van der Waals surface area contributed by atoms with E-state index in [-0.39, 0.29) is 5.75 Å².